The molecule has 1 N–H and O–H groups in total. The monoisotopic (exact) mass is 266 g/mol. The van der Waals surface area contributed by atoms with Crippen molar-refractivity contribution in [1.82, 2.24) is 10.2 Å². The van der Waals surface area contributed by atoms with E-state index in [4.69, 9.17) is 4.74 Å². The molecule has 3 aliphatic rings. The van der Waals surface area contributed by atoms with Crippen molar-refractivity contribution in [2.45, 2.75) is 70.6 Å². The Morgan fingerprint density at radius 1 is 1.16 bits per heavy atom. The number of hydrogen-bond donors (Lipinski definition) is 1. The Bertz CT molecular complexity index is 301. The number of likely N-dealkylation sites (tertiary alicyclic amines) is 1. The second-order valence-corrected chi connectivity index (χ2v) is 7.64. The van der Waals surface area contributed by atoms with Gasteiger partial charge in [0.2, 0.25) is 0 Å². The van der Waals surface area contributed by atoms with Crippen LogP contribution >= 0.6 is 0 Å². The summed E-state index contributed by atoms with van der Waals surface area (Å²) in [5, 5.41) is 3.60. The van der Waals surface area contributed by atoms with E-state index >= 15 is 0 Å². The molecule has 0 aromatic heterocycles. The van der Waals surface area contributed by atoms with Crippen LogP contribution in [0.4, 0.5) is 0 Å². The molecule has 110 valence electrons. The minimum absolute atomic E-state index is 0.475. The lowest BCUT2D eigenvalue weighted by Crippen LogP contribution is -2.43. The van der Waals surface area contributed by atoms with Crippen LogP contribution in [0.5, 0.6) is 0 Å². The average molecular weight is 266 g/mol. The molecule has 0 aromatic carbocycles. The molecule has 3 heteroatoms. The average Bonchev–Trinajstić information content (AvgIpc) is 3.06. The molecule has 3 nitrogen and oxygen atoms in total. The minimum atomic E-state index is 0.475. The van der Waals surface area contributed by atoms with Gasteiger partial charge in [-0.2, -0.15) is 0 Å². The molecule has 0 amide bonds. The molecule has 0 aromatic rings. The summed E-state index contributed by atoms with van der Waals surface area (Å²) in [6.07, 6.45) is 8.95. The van der Waals surface area contributed by atoms with E-state index in [0.717, 1.165) is 19.1 Å². The molecule has 3 rings (SSSR count). The second-order valence-electron chi connectivity index (χ2n) is 7.64. The van der Waals surface area contributed by atoms with Gasteiger partial charge in [-0.15, -0.1) is 0 Å². The summed E-state index contributed by atoms with van der Waals surface area (Å²) in [4.78, 5) is 2.63. The van der Waals surface area contributed by atoms with Crippen molar-refractivity contribution < 1.29 is 4.74 Å². The van der Waals surface area contributed by atoms with Gasteiger partial charge in [0, 0.05) is 25.7 Å². The van der Waals surface area contributed by atoms with E-state index in [1.807, 2.05) is 0 Å². The molecule has 1 aliphatic carbocycles. The highest BCUT2D eigenvalue weighted by Gasteiger charge is 2.32. The molecule has 2 heterocycles. The van der Waals surface area contributed by atoms with Crippen molar-refractivity contribution in [2.24, 2.45) is 5.41 Å². The van der Waals surface area contributed by atoms with Crippen LogP contribution < -0.4 is 5.32 Å². The zero-order chi connectivity index (χ0) is 13.3. The first-order valence-electron chi connectivity index (χ1n) is 8.22. The third kappa shape index (κ3) is 4.17. The van der Waals surface area contributed by atoms with E-state index < -0.39 is 0 Å². The molecular weight excluding hydrogens is 236 g/mol. The van der Waals surface area contributed by atoms with Crippen LogP contribution in [0.2, 0.25) is 0 Å². The molecular formula is C16H30N2O. The van der Waals surface area contributed by atoms with Gasteiger partial charge in [0.15, 0.2) is 0 Å². The van der Waals surface area contributed by atoms with Crippen molar-refractivity contribution in [3.8, 4) is 0 Å². The maximum atomic E-state index is 6.21. The van der Waals surface area contributed by atoms with Crippen LogP contribution in [0.15, 0.2) is 0 Å². The van der Waals surface area contributed by atoms with Crippen molar-refractivity contribution in [3.05, 3.63) is 0 Å². The molecule has 0 spiro atoms. The third-order valence-electron chi connectivity index (χ3n) is 4.85. The van der Waals surface area contributed by atoms with Gasteiger partial charge < -0.3 is 15.0 Å². The van der Waals surface area contributed by atoms with Crippen molar-refractivity contribution in [1.29, 1.82) is 0 Å². The quantitative estimate of drug-likeness (QED) is 0.827. The third-order valence-corrected chi connectivity index (χ3v) is 4.85. The molecule has 2 saturated heterocycles. The fourth-order valence-electron chi connectivity index (χ4n) is 3.64. The van der Waals surface area contributed by atoms with Gasteiger partial charge in [-0.3, -0.25) is 0 Å². The number of nitrogens with zero attached hydrogens (tertiary/aromatic N) is 1. The first-order chi connectivity index (χ1) is 9.11. The van der Waals surface area contributed by atoms with Gasteiger partial charge in [-0.05, 0) is 50.5 Å². The summed E-state index contributed by atoms with van der Waals surface area (Å²) in [5.74, 6) is 0. The molecule has 0 radical (unpaired) electrons. The number of nitrogens with one attached hydrogen (secondary N) is 1. The first kappa shape index (κ1) is 13.8. The molecule has 2 atom stereocenters. The smallest absolute Gasteiger partial charge is 0.0707 e. The Balaban J connectivity index is 1.38. The number of hydrogen-bond acceptors (Lipinski definition) is 3. The number of rotatable bonds is 5. The topological polar surface area (TPSA) is 24.5 Å². The zero-order valence-electron chi connectivity index (χ0n) is 12.7. The SMILES string of the molecule is CC1(C)CCCN(CC2CCC(CNC3CC3)O2)C1. The van der Waals surface area contributed by atoms with Crippen LogP contribution in [0.25, 0.3) is 0 Å². The van der Waals surface area contributed by atoms with E-state index in [-0.39, 0.29) is 0 Å². The van der Waals surface area contributed by atoms with Crippen molar-refractivity contribution >= 4 is 0 Å². The van der Waals surface area contributed by atoms with Gasteiger partial charge in [0.05, 0.1) is 12.2 Å². The van der Waals surface area contributed by atoms with Gasteiger partial charge in [0.25, 0.3) is 0 Å². The Labute approximate surface area is 118 Å². The summed E-state index contributed by atoms with van der Waals surface area (Å²) in [5.41, 5.74) is 0.504. The molecule has 2 aliphatic heterocycles. The molecule has 0 bridgehead atoms. The number of ether oxygens (including phenoxy) is 1. The highest BCUT2D eigenvalue weighted by molar-refractivity contribution is 4.86. The Hall–Kier alpha value is -0.120. The van der Waals surface area contributed by atoms with Crippen molar-refractivity contribution in [2.75, 3.05) is 26.2 Å². The Morgan fingerprint density at radius 3 is 2.68 bits per heavy atom. The predicted octanol–water partition coefficient (Wildman–Crippen LogP) is 2.41. The van der Waals surface area contributed by atoms with Crippen LogP contribution in [0.3, 0.4) is 0 Å². The maximum absolute atomic E-state index is 6.21. The van der Waals surface area contributed by atoms with E-state index in [9.17, 15) is 0 Å². The lowest BCUT2D eigenvalue weighted by Gasteiger charge is -2.39. The fraction of sp³-hybridized carbons (Fsp3) is 1.00. The summed E-state index contributed by atoms with van der Waals surface area (Å²) >= 11 is 0. The molecule has 2 unspecified atom stereocenters. The van der Waals surface area contributed by atoms with Crippen LogP contribution in [-0.4, -0.2) is 49.3 Å². The fourth-order valence-corrected chi connectivity index (χ4v) is 3.64. The van der Waals surface area contributed by atoms with Gasteiger partial charge in [0.1, 0.15) is 0 Å². The van der Waals surface area contributed by atoms with Crippen molar-refractivity contribution in [3.63, 3.8) is 0 Å². The van der Waals surface area contributed by atoms with Crippen LogP contribution in [-0.2, 0) is 4.74 Å². The first-order valence-corrected chi connectivity index (χ1v) is 8.22. The maximum Gasteiger partial charge on any atom is 0.0707 e. The summed E-state index contributed by atoms with van der Waals surface area (Å²) < 4.78 is 6.21. The second kappa shape index (κ2) is 5.71. The molecule has 19 heavy (non-hydrogen) atoms. The summed E-state index contributed by atoms with van der Waals surface area (Å²) in [6, 6.07) is 0.811. The summed E-state index contributed by atoms with van der Waals surface area (Å²) in [6.45, 7) is 9.55. The lowest BCUT2D eigenvalue weighted by atomic mass is 9.84. The summed E-state index contributed by atoms with van der Waals surface area (Å²) in [7, 11) is 0. The number of piperidine rings is 1. The highest BCUT2D eigenvalue weighted by atomic mass is 16.5. The van der Waals surface area contributed by atoms with Crippen LogP contribution in [0.1, 0.15) is 52.4 Å². The van der Waals surface area contributed by atoms with E-state index in [0.29, 0.717) is 17.6 Å². The minimum Gasteiger partial charge on any atom is -0.372 e. The zero-order valence-corrected chi connectivity index (χ0v) is 12.7. The normalized spacial score (nSPS) is 35.7. The molecule has 3 fully saturated rings. The van der Waals surface area contributed by atoms with Crippen LogP contribution in [0, 0.1) is 5.41 Å². The van der Waals surface area contributed by atoms with Gasteiger partial charge in [-0.1, -0.05) is 13.8 Å². The standard InChI is InChI=1S/C16H30N2O/c1-16(2)8-3-9-18(12-16)11-15-7-6-14(19-15)10-17-13-4-5-13/h13-15,17H,3-12H2,1-2H3. The van der Waals surface area contributed by atoms with Gasteiger partial charge >= 0.3 is 0 Å². The van der Waals surface area contributed by atoms with E-state index in [1.54, 1.807) is 0 Å². The van der Waals surface area contributed by atoms with E-state index in [1.165, 1.54) is 51.6 Å². The Kier molecular flexibility index (Phi) is 4.16. The van der Waals surface area contributed by atoms with Gasteiger partial charge in [-0.25, -0.2) is 0 Å². The predicted molar refractivity (Wildman–Crippen MR) is 78.4 cm³/mol. The lowest BCUT2D eigenvalue weighted by molar-refractivity contribution is 0.00685. The largest absolute Gasteiger partial charge is 0.372 e. The molecule has 1 saturated carbocycles. The highest BCUT2D eigenvalue weighted by Crippen LogP contribution is 2.30. The van der Waals surface area contributed by atoms with E-state index in [2.05, 4.69) is 24.1 Å². The Morgan fingerprint density at radius 2 is 1.95 bits per heavy atom.